The standard InChI is InChI=1S/C13H20ClN5O/c1-3-5-16-12-17-7-9(14)10(18-12)19-6-4-13(2,8-19)11(15)20/h7H,3-6,8H2,1-2H3,(H2,15,20)(H,16,17,18). The first-order valence-corrected chi connectivity index (χ1v) is 7.15. The van der Waals surface area contributed by atoms with Gasteiger partial charge in [-0.3, -0.25) is 4.79 Å². The number of hydrogen-bond donors (Lipinski definition) is 2. The molecule has 1 aliphatic rings. The number of carbonyl (C=O) groups is 1. The molecule has 2 rings (SSSR count). The van der Waals surface area contributed by atoms with Crippen LogP contribution in [0, 0.1) is 5.41 Å². The maximum Gasteiger partial charge on any atom is 0.225 e. The molecule has 6 nitrogen and oxygen atoms in total. The second-order valence-corrected chi connectivity index (χ2v) is 5.80. The molecule has 0 radical (unpaired) electrons. The molecule has 2 heterocycles. The highest BCUT2D eigenvalue weighted by Crippen LogP contribution is 2.35. The molecule has 1 aromatic rings. The van der Waals surface area contributed by atoms with Crippen LogP contribution in [0.1, 0.15) is 26.7 Å². The van der Waals surface area contributed by atoms with Gasteiger partial charge in [0, 0.05) is 19.6 Å². The summed E-state index contributed by atoms with van der Waals surface area (Å²) in [6.45, 7) is 6.00. The molecule has 0 bridgehead atoms. The molecular formula is C13H20ClN5O. The van der Waals surface area contributed by atoms with Crippen molar-refractivity contribution in [2.45, 2.75) is 26.7 Å². The molecule has 1 unspecified atom stereocenters. The number of hydrogen-bond acceptors (Lipinski definition) is 5. The van der Waals surface area contributed by atoms with Gasteiger partial charge in [0.05, 0.1) is 11.6 Å². The van der Waals surface area contributed by atoms with Crippen molar-refractivity contribution in [1.29, 1.82) is 0 Å². The summed E-state index contributed by atoms with van der Waals surface area (Å²) in [5.74, 6) is 0.929. The van der Waals surface area contributed by atoms with Gasteiger partial charge in [0.2, 0.25) is 11.9 Å². The highest BCUT2D eigenvalue weighted by Gasteiger charge is 2.39. The molecule has 0 aromatic carbocycles. The molecule has 0 aliphatic carbocycles. The minimum atomic E-state index is -0.523. The number of amides is 1. The first kappa shape index (κ1) is 14.8. The number of halogens is 1. The van der Waals surface area contributed by atoms with Crippen LogP contribution in [-0.2, 0) is 4.79 Å². The van der Waals surface area contributed by atoms with E-state index in [0.717, 1.165) is 13.0 Å². The average Bonchev–Trinajstić information content (AvgIpc) is 2.82. The van der Waals surface area contributed by atoms with E-state index in [1.807, 2.05) is 11.8 Å². The Bertz CT molecular complexity index is 510. The normalized spacial score (nSPS) is 22.1. The van der Waals surface area contributed by atoms with Crippen molar-refractivity contribution in [1.82, 2.24) is 9.97 Å². The summed E-state index contributed by atoms with van der Waals surface area (Å²) >= 11 is 6.17. The number of rotatable bonds is 5. The lowest BCUT2D eigenvalue weighted by Gasteiger charge is -2.22. The predicted octanol–water partition coefficient (Wildman–Crippen LogP) is 1.65. The molecule has 1 atom stereocenters. The number of primary amides is 1. The van der Waals surface area contributed by atoms with Gasteiger partial charge in [-0.15, -0.1) is 0 Å². The quantitative estimate of drug-likeness (QED) is 0.863. The summed E-state index contributed by atoms with van der Waals surface area (Å²) in [7, 11) is 0. The summed E-state index contributed by atoms with van der Waals surface area (Å²) in [4.78, 5) is 22.1. The summed E-state index contributed by atoms with van der Waals surface area (Å²) in [5.41, 5.74) is 4.94. The molecule has 1 aromatic heterocycles. The minimum absolute atomic E-state index is 0.283. The van der Waals surface area contributed by atoms with Gasteiger partial charge in [0.25, 0.3) is 0 Å². The third-order valence-electron chi connectivity index (χ3n) is 3.63. The van der Waals surface area contributed by atoms with Gasteiger partial charge in [0.15, 0.2) is 5.82 Å². The van der Waals surface area contributed by atoms with E-state index in [-0.39, 0.29) is 5.91 Å². The van der Waals surface area contributed by atoms with E-state index >= 15 is 0 Å². The van der Waals surface area contributed by atoms with Crippen LogP contribution in [0.4, 0.5) is 11.8 Å². The van der Waals surface area contributed by atoms with E-state index in [2.05, 4.69) is 22.2 Å². The van der Waals surface area contributed by atoms with Gasteiger partial charge in [-0.2, -0.15) is 4.98 Å². The topological polar surface area (TPSA) is 84.1 Å². The van der Waals surface area contributed by atoms with E-state index in [1.165, 1.54) is 0 Å². The van der Waals surface area contributed by atoms with Gasteiger partial charge in [0.1, 0.15) is 5.02 Å². The largest absolute Gasteiger partial charge is 0.369 e. The van der Waals surface area contributed by atoms with Gasteiger partial charge in [-0.25, -0.2) is 4.98 Å². The third-order valence-corrected chi connectivity index (χ3v) is 3.89. The zero-order valence-corrected chi connectivity index (χ0v) is 12.6. The van der Waals surface area contributed by atoms with E-state index in [0.29, 0.717) is 36.3 Å². The number of aromatic nitrogens is 2. The Hall–Kier alpha value is -1.56. The molecule has 1 amide bonds. The van der Waals surface area contributed by atoms with Crippen molar-refractivity contribution in [2.75, 3.05) is 29.9 Å². The third kappa shape index (κ3) is 2.95. The zero-order chi connectivity index (χ0) is 14.8. The highest BCUT2D eigenvalue weighted by atomic mass is 35.5. The van der Waals surface area contributed by atoms with Crippen molar-refractivity contribution in [3.63, 3.8) is 0 Å². The number of nitrogens with two attached hydrogens (primary N) is 1. The van der Waals surface area contributed by atoms with Crippen molar-refractivity contribution in [2.24, 2.45) is 11.1 Å². The smallest absolute Gasteiger partial charge is 0.225 e. The monoisotopic (exact) mass is 297 g/mol. The Morgan fingerprint density at radius 3 is 3.00 bits per heavy atom. The van der Waals surface area contributed by atoms with Crippen LogP contribution in [0.5, 0.6) is 0 Å². The van der Waals surface area contributed by atoms with Gasteiger partial charge in [-0.05, 0) is 19.8 Å². The first-order valence-electron chi connectivity index (χ1n) is 6.77. The molecule has 0 saturated carbocycles. The summed E-state index contributed by atoms with van der Waals surface area (Å²) in [5, 5.41) is 3.62. The number of anilines is 2. The van der Waals surface area contributed by atoms with Crippen LogP contribution in [0.2, 0.25) is 5.02 Å². The maximum absolute atomic E-state index is 11.5. The SMILES string of the molecule is CCCNc1ncc(Cl)c(N2CCC(C)(C(N)=O)C2)n1. The number of carbonyl (C=O) groups excluding carboxylic acids is 1. The molecule has 3 N–H and O–H groups in total. The minimum Gasteiger partial charge on any atom is -0.369 e. The van der Waals surface area contributed by atoms with Crippen molar-refractivity contribution in [3.8, 4) is 0 Å². The molecular weight excluding hydrogens is 278 g/mol. The van der Waals surface area contributed by atoms with Gasteiger partial charge < -0.3 is 16.0 Å². The lowest BCUT2D eigenvalue weighted by Crippen LogP contribution is -2.37. The molecule has 1 fully saturated rings. The van der Waals surface area contributed by atoms with Gasteiger partial charge >= 0.3 is 0 Å². The Morgan fingerprint density at radius 1 is 1.65 bits per heavy atom. The van der Waals surface area contributed by atoms with E-state index in [9.17, 15) is 4.79 Å². The molecule has 0 spiro atoms. The first-order chi connectivity index (χ1) is 9.46. The Balaban J connectivity index is 2.18. The lowest BCUT2D eigenvalue weighted by atomic mass is 9.89. The Morgan fingerprint density at radius 2 is 2.40 bits per heavy atom. The molecule has 7 heteroatoms. The number of nitrogens with one attached hydrogen (secondary N) is 1. The molecule has 1 saturated heterocycles. The number of nitrogens with zero attached hydrogens (tertiary/aromatic N) is 3. The fourth-order valence-corrected chi connectivity index (χ4v) is 2.46. The highest BCUT2D eigenvalue weighted by molar-refractivity contribution is 6.32. The molecule has 110 valence electrons. The predicted molar refractivity (Wildman–Crippen MR) is 80.0 cm³/mol. The fraction of sp³-hybridized carbons (Fsp3) is 0.615. The van der Waals surface area contributed by atoms with Crippen LogP contribution in [-0.4, -0.2) is 35.5 Å². The second kappa shape index (κ2) is 5.83. The Kier molecular flexibility index (Phi) is 4.32. The average molecular weight is 298 g/mol. The van der Waals surface area contributed by atoms with Crippen LogP contribution >= 0.6 is 11.6 Å². The summed E-state index contributed by atoms with van der Waals surface area (Å²) in [6.07, 6.45) is 3.28. The fourth-order valence-electron chi connectivity index (χ4n) is 2.24. The summed E-state index contributed by atoms with van der Waals surface area (Å²) < 4.78 is 0. The van der Waals surface area contributed by atoms with Gasteiger partial charge in [-0.1, -0.05) is 18.5 Å². The summed E-state index contributed by atoms with van der Waals surface area (Å²) in [6, 6.07) is 0. The van der Waals surface area contributed by atoms with Crippen molar-refractivity contribution >= 4 is 29.3 Å². The molecule has 20 heavy (non-hydrogen) atoms. The van der Waals surface area contributed by atoms with Crippen molar-refractivity contribution < 1.29 is 4.79 Å². The van der Waals surface area contributed by atoms with Crippen LogP contribution in [0.15, 0.2) is 6.20 Å². The Labute approximate surface area is 123 Å². The van der Waals surface area contributed by atoms with Crippen LogP contribution < -0.4 is 16.0 Å². The van der Waals surface area contributed by atoms with Crippen LogP contribution in [0.25, 0.3) is 0 Å². The second-order valence-electron chi connectivity index (χ2n) is 5.39. The molecule has 1 aliphatic heterocycles. The van der Waals surface area contributed by atoms with Crippen LogP contribution in [0.3, 0.4) is 0 Å². The lowest BCUT2D eigenvalue weighted by molar-refractivity contribution is -0.125. The van der Waals surface area contributed by atoms with E-state index < -0.39 is 5.41 Å². The van der Waals surface area contributed by atoms with E-state index in [1.54, 1.807) is 6.20 Å². The zero-order valence-electron chi connectivity index (χ0n) is 11.8. The van der Waals surface area contributed by atoms with E-state index in [4.69, 9.17) is 17.3 Å². The van der Waals surface area contributed by atoms with Crippen molar-refractivity contribution in [3.05, 3.63) is 11.2 Å². The maximum atomic E-state index is 11.5.